The number of anilines is 1. The van der Waals surface area contributed by atoms with Crippen molar-refractivity contribution in [2.45, 2.75) is 20.3 Å². The van der Waals surface area contributed by atoms with Crippen LogP contribution in [0.25, 0.3) is 11.1 Å². The Labute approximate surface area is 109 Å². The summed E-state index contributed by atoms with van der Waals surface area (Å²) in [6.45, 7) is 4.28. The molecular weight excluding hydrogens is 280 g/mol. The van der Waals surface area contributed by atoms with Gasteiger partial charge in [0, 0.05) is 10.9 Å². The molecule has 0 bridgehead atoms. The first kappa shape index (κ1) is 12.2. The number of halogens is 1. The molecule has 0 aliphatic rings. The van der Waals surface area contributed by atoms with Crippen LogP contribution in [0.5, 0.6) is 0 Å². The molecule has 3 nitrogen and oxygen atoms in total. The Bertz CT molecular complexity index is 520. The van der Waals surface area contributed by atoms with E-state index in [-0.39, 0.29) is 0 Å². The number of hydrogen-bond acceptors (Lipinski definition) is 3. The van der Waals surface area contributed by atoms with Gasteiger partial charge in [-0.1, -0.05) is 47.1 Å². The molecule has 4 heteroatoms. The Morgan fingerprint density at radius 1 is 1.41 bits per heavy atom. The van der Waals surface area contributed by atoms with Crippen LogP contribution in [0.2, 0.25) is 0 Å². The van der Waals surface area contributed by atoms with Crippen molar-refractivity contribution in [3.05, 3.63) is 34.5 Å². The lowest BCUT2D eigenvalue weighted by atomic mass is 10.0. The van der Waals surface area contributed by atoms with E-state index in [0.717, 1.165) is 27.8 Å². The zero-order valence-corrected chi connectivity index (χ0v) is 11.5. The van der Waals surface area contributed by atoms with Gasteiger partial charge in [0.2, 0.25) is 0 Å². The zero-order chi connectivity index (χ0) is 12.4. The minimum atomic E-state index is 0.457. The summed E-state index contributed by atoms with van der Waals surface area (Å²) >= 11 is 3.46. The third kappa shape index (κ3) is 2.69. The van der Waals surface area contributed by atoms with Crippen molar-refractivity contribution < 1.29 is 4.52 Å². The fourth-order valence-electron chi connectivity index (χ4n) is 1.80. The number of hydrogen-bond donors (Lipinski definition) is 1. The molecule has 2 aromatic rings. The Balaban J connectivity index is 2.47. The number of aromatic nitrogens is 1. The predicted octanol–water partition coefficient (Wildman–Crippen LogP) is 3.88. The van der Waals surface area contributed by atoms with Crippen molar-refractivity contribution in [1.82, 2.24) is 5.16 Å². The number of benzene rings is 1. The number of nitrogens with zero attached hydrogens (tertiary/aromatic N) is 1. The summed E-state index contributed by atoms with van der Waals surface area (Å²) in [6, 6.07) is 7.99. The van der Waals surface area contributed by atoms with Crippen molar-refractivity contribution >= 4 is 21.7 Å². The minimum Gasteiger partial charge on any atom is -0.380 e. The lowest BCUT2D eigenvalue weighted by Gasteiger charge is -2.05. The summed E-state index contributed by atoms with van der Waals surface area (Å²) in [7, 11) is 0. The molecule has 0 atom stereocenters. The first-order valence-electron chi connectivity index (χ1n) is 5.58. The average molecular weight is 295 g/mol. The highest BCUT2D eigenvalue weighted by Gasteiger charge is 2.16. The smallest absolute Gasteiger partial charge is 0.175 e. The molecule has 0 aliphatic carbocycles. The van der Waals surface area contributed by atoms with Gasteiger partial charge in [0.25, 0.3) is 0 Å². The van der Waals surface area contributed by atoms with Crippen LogP contribution in [0.4, 0.5) is 5.82 Å². The molecule has 0 saturated heterocycles. The van der Waals surface area contributed by atoms with Gasteiger partial charge in [-0.15, -0.1) is 0 Å². The van der Waals surface area contributed by atoms with Crippen LogP contribution >= 0.6 is 15.9 Å². The van der Waals surface area contributed by atoms with E-state index in [1.807, 2.05) is 24.3 Å². The Kier molecular flexibility index (Phi) is 3.52. The summed E-state index contributed by atoms with van der Waals surface area (Å²) in [4.78, 5) is 0. The van der Waals surface area contributed by atoms with Crippen LogP contribution in [-0.4, -0.2) is 5.16 Å². The largest absolute Gasteiger partial charge is 0.380 e. The first-order valence-corrected chi connectivity index (χ1v) is 6.37. The van der Waals surface area contributed by atoms with Crippen LogP contribution in [0.15, 0.2) is 33.3 Å². The van der Waals surface area contributed by atoms with E-state index in [1.165, 1.54) is 0 Å². The standard InChI is InChI=1S/C13H15BrN2O/c1-8(2)6-11-12(13(15)16-17-11)9-4-3-5-10(14)7-9/h3-5,7-8H,6H2,1-2H3,(H2,15,16). The summed E-state index contributed by atoms with van der Waals surface area (Å²) in [6.07, 6.45) is 0.839. The van der Waals surface area contributed by atoms with Crippen molar-refractivity contribution in [3.63, 3.8) is 0 Å². The summed E-state index contributed by atoms with van der Waals surface area (Å²) in [5.74, 6) is 1.82. The van der Waals surface area contributed by atoms with E-state index < -0.39 is 0 Å². The molecular formula is C13H15BrN2O. The lowest BCUT2D eigenvalue weighted by molar-refractivity contribution is 0.372. The molecule has 0 saturated carbocycles. The van der Waals surface area contributed by atoms with Gasteiger partial charge in [-0.05, 0) is 23.6 Å². The molecule has 17 heavy (non-hydrogen) atoms. The summed E-state index contributed by atoms with van der Waals surface area (Å²) in [5, 5.41) is 3.86. The molecule has 2 rings (SSSR count). The maximum atomic E-state index is 5.88. The second-order valence-corrected chi connectivity index (χ2v) is 5.39. The fraction of sp³-hybridized carbons (Fsp3) is 0.308. The van der Waals surface area contributed by atoms with E-state index in [0.29, 0.717) is 11.7 Å². The maximum absolute atomic E-state index is 5.88. The molecule has 1 aromatic carbocycles. The topological polar surface area (TPSA) is 52.0 Å². The number of nitrogen functional groups attached to an aromatic ring is 1. The highest BCUT2D eigenvalue weighted by atomic mass is 79.9. The minimum absolute atomic E-state index is 0.457. The third-order valence-electron chi connectivity index (χ3n) is 2.50. The van der Waals surface area contributed by atoms with E-state index in [4.69, 9.17) is 10.3 Å². The van der Waals surface area contributed by atoms with Gasteiger partial charge < -0.3 is 10.3 Å². The van der Waals surface area contributed by atoms with Gasteiger partial charge in [0.1, 0.15) is 5.76 Å². The third-order valence-corrected chi connectivity index (χ3v) is 2.99. The Morgan fingerprint density at radius 2 is 2.18 bits per heavy atom. The highest BCUT2D eigenvalue weighted by molar-refractivity contribution is 9.10. The Morgan fingerprint density at radius 3 is 2.82 bits per heavy atom. The molecule has 0 unspecified atom stereocenters. The van der Waals surface area contributed by atoms with Gasteiger partial charge in [-0.3, -0.25) is 0 Å². The van der Waals surface area contributed by atoms with Gasteiger partial charge >= 0.3 is 0 Å². The molecule has 1 heterocycles. The second kappa shape index (κ2) is 4.92. The van der Waals surface area contributed by atoms with Crippen LogP contribution < -0.4 is 5.73 Å². The van der Waals surface area contributed by atoms with E-state index in [9.17, 15) is 0 Å². The van der Waals surface area contributed by atoms with Crippen LogP contribution in [-0.2, 0) is 6.42 Å². The van der Waals surface area contributed by atoms with Gasteiger partial charge in [0.05, 0.1) is 5.56 Å². The molecule has 90 valence electrons. The van der Waals surface area contributed by atoms with E-state index in [2.05, 4.69) is 34.9 Å². The maximum Gasteiger partial charge on any atom is 0.175 e. The fourth-order valence-corrected chi connectivity index (χ4v) is 2.20. The molecule has 2 N–H and O–H groups in total. The van der Waals surface area contributed by atoms with Crippen molar-refractivity contribution in [1.29, 1.82) is 0 Å². The van der Waals surface area contributed by atoms with Crippen LogP contribution in [0, 0.1) is 5.92 Å². The predicted molar refractivity (Wildman–Crippen MR) is 72.6 cm³/mol. The van der Waals surface area contributed by atoms with E-state index in [1.54, 1.807) is 0 Å². The normalized spacial score (nSPS) is 11.1. The number of nitrogens with two attached hydrogens (primary N) is 1. The lowest BCUT2D eigenvalue weighted by Crippen LogP contribution is -1.95. The quantitative estimate of drug-likeness (QED) is 0.934. The second-order valence-electron chi connectivity index (χ2n) is 4.47. The highest BCUT2D eigenvalue weighted by Crippen LogP contribution is 2.32. The number of rotatable bonds is 3. The van der Waals surface area contributed by atoms with Crippen LogP contribution in [0.3, 0.4) is 0 Å². The van der Waals surface area contributed by atoms with Crippen molar-refractivity contribution in [2.75, 3.05) is 5.73 Å². The van der Waals surface area contributed by atoms with Gasteiger partial charge in [0.15, 0.2) is 5.82 Å². The molecule has 0 amide bonds. The van der Waals surface area contributed by atoms with Crippen molar-refractivity contribution in [3.8, 4) is 11.1 Å². The van der Waals surface area contributed by atoms with Gasteiger partial charge in [-0.2, -0.15) is 0 Å². The Hall–Kier alpha value is -1.29. The summed E-state index contributed by atoms with van der Waals surface area (Å²) < 4.78 is 6.33. The van der Waals surface area contributed by atoms with Gasteiger partial charge in [-0.25, -0.2) is 0 Å². The zero-order valence-electron chi connectivity index (χ0n) is 9.90. The van der Waals surface area contributed by atoms with E-state index >= 15 is 0 Å². The SMILES string of the molecule is CC(C)Cc1onc(N)c1-c1cccc(Br)c1. The monoisotopic (exact) mass is 294 g/mol. The average Bonchev–Trinajstić information content (AvgIpc) is 2.59. The molecule has 0 fully saturated rings. The first-order chi connectivity index (χ1) is 8.08. The van der Waals surface area contributed by atoms with Crippen molar-refractivity contribution in [2.24, 2.45) is 5.92 Å². The van der Waals surface area contributed by atoms with Crippen LogP contribution in [0.1, 0.15) is 19.6 Å². The summed E-state index contributed by atoms with van der Waals surface area (Å²) in [5.41, 5.74) is 7.83. The molecule has 0 spiro atoms. The molecule has 0 aliphatic heterocycles. The molecule has 0 radical (unpaired) electrons. The molecule has 1 aromatic heterocycles.